The lowest BCUT2D eigenvalue weighted by atomic mass is 10.0. The average molecular weight is 360 g/mol. The van der Waals surface area contributed by atoms with Crippen LogP contribution in [0.2, 0.25) is 0 Å². The summed E-state index contributed by atoms with van der Waals surface area (Å²) in [6.07, 6.45) is 4.68. The largest absolute Gasteiger partial charge is 0.326 e. The second kappa shape index (κ2) is 7.80. The molecule has 2 N–H and O–H groups in total. The molecular weight excluding hydrogens is 331 g/mol. The minimum atomic E-state index is -0.156. The molecule has 1 aromatic heterocycles. The van der Waals surface area contributed by atoms with Crippen LogP contribution < -0.4 is 9.80 Å². The molecule has 4 rings (SSSR count). The number of halogens is 1. The van der Waals surface area contributed by atoms with Gasteiger partial charge in [-0.25, -0.2) is 9.07 Å². The number of rotatable bonds is 5. The first-order chi connectivity index (χ1) is 12.8. The van der Waals surface area contributed by atoms with Crippen LogP contribution in [-0.2, 0) is 0 Å². The fourth-order valence-electron chi connectivity index (χ4n) is 4.62. The van der Waals surface area contributed by atoms with Gasteiger partial charge in [0.1, 0.15) is 32.0 Å². The summed E-state index contributed by atoms with van der Waals surface area (Å²) in [4.78, 5) is 3.00. The third-order valence-electron chi connectivity index (χ3n) is 6.17. The second-order valence-electron chi connectivity index (χ2n) is 7.64. The Morgan fingerprint density at radius 3 is 2.58 bits per heavy atom. The lowest BCUT2D eigenvalue weighted by molar-refractivity contribution is -1.02. The third-order valence-corrected chi connectivity index (χ3v) is 6.17. The number of hydrogen-bond donors (Lipinski definition) is 2. The lowest BCUT2D eigenvalue weighted by Gasteiger charge is -2.34. The van der Waals surface area contributed by atoms with Crippen molar-refractivity contribution in [3.8, 4) is 0 Å². The Morgan fingerprint density at radius 2 is 1.88 bits per heavy atom. The van der Waals surface area contributed by atoms with Crippen molar-refractivity contribution in [2.45, 2.75) is 44.7 Å². The number of quaternary nitrogens is 2. The van der Waals surface area contributed by atoms with Crippen LogP contribution in [0.4, 0.5) is 4.39 Å². The molecule has 2 aliphatic rings. The van der Waals surface area contributed by atoms with E-state index in [9.17, 15) is 4.39 Å². The SMILES string of the molecule is CC[NH+]1CC[NH+]([C@H](c2ccccc2F)c2nnnn2C2CCCC2)CC1. The standard InChI is InChI=1S/C19H27FN6/c1-2-24-11-13-25(14-12-24)18(16-9-5-6-10-17(16)20)19-21-22-23-26(19)15-7-3-4-8-15/h5-6,9-10,15,18H,2-4,7-8,11-14H2,1H3/p+2/t18-/m1/s1. The number of benzene rings is 1. The molecule has 26 heavy (non-hydrogen) atoms. The Morgan fingerprint density at radius 1 is 1.15 bits per heavy atom. The van der Waals surface area contributed by atoms with Gasteiger partial charge >= 0.3 is 0 Å². The zero-order valence-electron chi connectivity index (χ0n) is 15.5. The number of nitrogens with zero attached hydrogens (tertiary/aromatic N) is 4. The van der Waals surface area contributed by atoms with Crippen LogP contribution in [0.3, 0.4) is 0 Å². The van der Waals surface area contributed by atoms with Gasteiger partial charge in [0, 0.05) is 0 Å². The predicted molar refractivity (Wildman–Crippen MR) is 95.5 cm³/mol. The molecule has 2 aromatic rings. The highest BCUT2D eigenvalue weighted by molar-refractivity contribution is 5.24. The van der Waals surface area contributed by atoms with Crippen LogP contribution in [0.25, 0.3) is 0 Å². The van der Waals surface area contributed by atoms with Crippen molar-refractivity contribution in [1.82, 2.24) is 20.2 Å². The van der Waals surface area contributed by atoms with E-state index in [0.717, 1.165) is 57.0 Å². The maximum Gasteiger partial charge on any atom is 0.214 e. The third kappa shape index (κ3) is 3.38. The Bertz CT molecular complexity index is 718. The summed E-state index contributed by atoms with van der Waals surface area (Å²) in [5.74, 6) is 0.674. The molecule has 140 valence electrons. The van der Waals surface area contributed by atoms with Crippen molar-refractivity contribution in [2.24, 2.45) is 0 Å². The van der Waals surface area contributed by atoms with E-state index in [1.165, 1.54) is 17.7 Å². The van der Waals surface area contributed by atoms with Crippen LogP contribution in [-0.4, -0.2) is 52.9 Å². The normalized spacial score (nSPS) is 25.5. The maximum absolute atomic E-state index is 14.7. The average Bonchev–Trinajstić information content (AvgIpc) is 3.35. The van der Waals surface area contributed by atoms with Crippen LogP contribution in [0, 0.1) is 5.82 Å². The van der Waals surface area contributed by atoms with E-state index >= 15 is 0 Å². The lowest BCUT2D eigenvalue weighted by Crippen LogP contribution is -3.28. The summed E-state index contributed by atoms with van der Waals surface area (Å²) in [5.41, 5.74) is 0.719. The summed E-state index contributed by atoms with van der Waals surface area (Å²) in [6, 6.07) is 7.35. The summed E-state index contributed by atoms with van der Waals surface area (Å²) in [7, 11) is 0. The van der Waals surface area contributed by atoms with Gasteiger partial charge in [0.2, 0.25) is 5.82 Å². The highest BCUT2D eigenvalue weighted by Crippen LogP contribution is 2.31. The minimum absolute atomic E-state index is 0.134. The zero-order chi connectivity index (χ0) is 17.9. The first-order valence-corrected chi connectivity index (χ1v) is 9.98. The first-order valence-electron chi connectivity index (χ1n) is 9.98. The Kier molecular flexibility index (Phi) is 5.26. The topological polar surface area (TPSA) is 52.5 Å². The molecule has 1 atom stereocenters. The van der Waals surface area contributed by atoms with Crippen molar-refractivity contribution < 1.29 is 14.2 Å². The number of hydrogen-bond acceptors (Lipinski definition) is 3. The van der Waals surface area contributed by atoms with E-state index in [2.05, 4.69) is 22.4 Å². The van der Waals surface area contributed by atoms with Crippen molar-refractivity contribution in [2.75, 3.05) is 32.7 Å². The Labute approximate surface area is 154 Å². The Balaban J connectivity index is 1.70. The van der Waals surface area contributed by atoms with Gasteiger partial charge in [-0.05, 0) is 42.3 Å². The predicted octanol–water partition coefficient (Wildman–Crippen LogP) is -0.180. The molecule has 0 spiro atoms. The van der Waals surface area contributed by atoms with Gasteiger partial charge in [0.05, 0.1) is 18.2 Å². The molecule has 0 amide bonds. The fourth-order valence-corrected chi connectivity index (χ4v) is 4.62. The molecule has 1 saturated carbocycles. The summed E-state index contributed by atoms with van der Waals surface area (Å²) in [5, 5.41) is 12.7. The molecule has 1 aliphatic carbocycles. The second-order valence-corrected chi connectivity index (χ2v) is 7.64. The number of piperazine rings is 1. The van der Waals surface area contributed by atoms with E-state index < -0.39 is 0 Å². The van der Waals surface area contributed by atoms with Gasteiger partial charge < -0.3 is 9.80 Å². The highest BCUT2D eigenvalue weighted by atomic mass is 19.1. The van der Waals surface area contributed by atoms with Crippen molar-refractivity contribution >= 4 is 0 Å². The van der Waals surface area contributed by atoms with Crippen LogP contribution in [0.5, 0.6) is 0 Å². The summed E-state index contributed by atoms with van der Waals surface area (Å²) in [6.45, 7) is 7.63. The smallest absolute Gasteiger partial charge is 0.214 e. The van der Waals surface area contributed by atoms with Gasteiger partial charge in [0.15, 0.2) is 6.04 Å². The monoisotopic (exact) mass is 360 g/mol. The molecule has 2 fully saturated rings. The first kappa shape index (κ1) is 17.5. The molecule has 2 heterocycles. The maximum atomic E-state index is 14.7. The molecule has 0 radical (unpaired) electrons. The summed E-state index contributed by atoms with van der Waals surface area (Å²) < 4.78 is 16.7. The molecule has 6 nitrogen and oxygen atoms in total. The van der Waals surface area contributed by atoms with Crippen LogP contribution >= 0.6 is 0 Å². The van der Waals surface area contributed by atoms with Gasteiger partial charge in [-0.3, -0.25) is 0 Å². The van der Waals surface area contributed by atoms with Crippen molar-refractivity contribution in [3.63, 3.8) is 0 Å². The van der Waals surface area contributed by atoms with E-state index in [1.807, 2.05) is 16.8 Å². The van der Waals surface area contributed by atoms with Gasteiger partial charge in [0.25, 0.3) is 0 Å². The number of nitrogens with one attached hydrogen (secondary N) is 2. The number of likely N-dealkylation sites (N-methyl/N-ethyl adjacent to an activating group) is 1. The highest BCUT2D eigenvalue weighted by Gasteiger charge is 2.38. The summed E-state index contributed by atoms with van der Waals surface area (Å²) >= 11 is 0. The van der Waals surface area contributed by atoms with E-state index in [4.69, 9.17) is 0 Å². The van der Waals surface area contributed by atoms with Crippen molar-refractivity contribution in [3.05, 3.63) is 41.5 Å². The van der Waals surface area contributed by atoms with Gasteiger partial charge in [-0.2, -0.15) is 0 Å². The molecular formula is C19H29FN6+2. The number of tetrazole rings is 1. The molecule has 0 unspecified atom stereocenters. The van der Waals surface area contributed by atoms with Crippen LogP contribution in [0.15, 0.2) is 24.3 Å². The van der Waals surface area contributed by atoms with Crippen molar-refractivity contribution in [1.29, 1.82) is 0 Å². The van der Waals surface area contributed by atoms with E-state index in [0.29, 0.717) is 6.04 Å². The van der Waals surface area contributed by atoms with E-state index in [1.54, 1.807) is 17.0 Å². The van der Waals surface area contributed by atoms with Gasteiger partial charge in [-0.1, -0.05) is 25.0 Å². The molecule has 1 saturated heterocycles. The number of aromatic nitrogens is 4. The van der Waals surface area contributed by atoms with E-state index in [-0.39, 0.29) is 11.9 Å². The zero-order valence-corrected chi connectivity index (χ0v) is 15.5. The molecule has 0 bridgehead atoms. The molecule has 7 heteroatoms. The Hall–Kier alpha value is -1.86. The van der Waals surface area contributed by atoms with Gasteiger partial charge in [-0.15, -0.1) is 5.10 Å². The quantitative estimate of drug-likeness (QED) is 0.778. The van der Waals surface area contributed by atoms with Crippen LogP contribution in [0.1, 0.15) is 56.1 Å². The minimum Gasteiger partial charge on any atom is -0.326 e. The molecule has 1 aliphatic heterocycles. The molecule has 1 aromatic carbocycles. The fraction of sp³-hybridized carbons (Fsp3) is 0.632.